The number of benzene rings is 2. The minimum Gasteiger partial charge on any atom is -0.465 e. The monoisotopic (exact) mass is 580 g/mol. The Bertz CT molecular complexity index is 1640. The van der Waals surface area contributed by atoms with Gasteiger partial charge in [-0.1, -0.05) is 48.5 Å². The fraction of sp³-hybridized carbons (Fsp3) is 0.361. The van der Waals surface area contributed by atoms with E-state index in [4.69, 9.17) is 9.47 Å². The van der Waals surface area contributed by atoms with Crippen molar-refractivity contribution in [2.24, 2.45) is 18.9 Å². The number of nitrogens with zero attached hydrogens (tertiary/aromatic N) is 2. The van der Waals surface area contributed by atoms with Crippen LogP contribution in [0.1, 0.15) is 58.8 Å². The summed E-state index contributed by atoms with van der Waals surface area (Å²) in [6.45, 7) is 2.74. The van der Waals surface area contributed by atoms with Crippen molar-refractivity contribution < 1.29 is 19.1 Å². The van der Waals surface area contributed by atoms with Crippen molar-refractivity contribution in [1.29, 1.82) is 0 Å². The van der Waals surface area contributed by atoms with Gasteiger partial charge in [0.25, 0.3) is 5.56 Å². The molecule has 0 radical (unpaired) electrons. The number of esters is 1. The summed E-state index contributed by atoms with van der Waals surface area (Å²) in [7, 11) is 4.63. The Labute approximate surface area is 253 Å². The maximum absolute atomic E-state index is 13.9. The molecule has 0 spiro atoms. The van der Waals surface area contributed by atoms with Crippen LogP contribution in [0.3, 0.4) is 0 Å². The van der Waals surface area contributed by atoms with Crippen molar-refractivity contribution in [2.75, 3.05) is 20.8 Å². The van der Waals surface area contributed by atoms with Crippen molar-refractivity contribution in [1.82, 2.24) is 9.13 Å². The first-order valence-corrected chi connectivity index (χ1v) is 14.9. The third kappa shape index (κ3) is 6.57. The van der Waals surface area contributed by atoms with Crippen molar-refractivity contribution >= 4 is 11.8 Å². The molecule has 4 aromatic rings. The van der Waals surface area contributed by atoms with Crippen molar-refractivity contribution in [2.45, 2.75) is 44.9 Å². The van der Waals surface area contributed by atoms with Crippen molar-refractivity contribution in [3.63, 3.8) is 0 Å². The number of carbonyl (C=O) groups excluding carboxylic acids is 2. The number of rotatable bonds is 11. The number of aromatic nitrogens is 2. The molecule has 0 N–H and O–H groups in total. The minimum atomic E-state index is -0.675. The fourth-order valence-corrected chi connectivity index (χ4v) is 6.73. The van der Waals surface area contributed by atoms with Gasteiger partial charge in [0.1, 0.15) is 11.3 Å². The van der Waals surface area contributed by atoms with Gasteiger partial charge in [0.2, 0.25) is 0 Å². The van der Waals surface area contributed by atoms with Gasteiger partial charge in [-0.25, -0.2) is 4.79 Å². The smallest absolute Gasteiger partial charge is 0.343 e. The number of Topliss-reactive ketones (excluding diaryl/α,β-unsaturated/α-hetero) is 1. The summed E-state index contributed by atoms with van der Waals surface area (Å²) in [4.78, 5) is 38.9. The van der Waals surface area contributed by atoms with Crippen LogP contribution in [-0.4, -0.2) is 41.7 Å². The minimum absolute atomic E-state index is 0.0248. The zero-order valence-electron chi connectivity index (χ0n) is 25.4. The second kappa shape index (κ2) is 13.4. The van der Waals surface area contributed by atoms with Crippen LogP contribution < -0.4 is 5.56 Å². The number of carbonyl (C=O) groups is 2. The molecule has 2 aromatic carbocycles. The first-order valence-electron chi connectivity index (χ1n) is 14.9. The third-order valence-corrected chi connectivity index (χ3v) is 8.92. The summed E-state index contributed by atoms with van der Waals surface area (Å²) in [5, 5.41) is 0. The van der Waals surface area contributed by atoms with E-state index >= 15 is 0 Å². The lowest BCUT2D eigenvalue weighted by Gasteiger charge is -2.20. The van der Waals surface area contributed by atoms with E-state index in [-0.39, 0.29) is 23.7 Å². The van der Waals surface area contributed by atoms with E-state index in [1.807, 2.05) is 49.5 Å². The Hall–Kier alpha value is -4.23. The zero-order chi connectivity index (χ0) is 30.5. The molecule has 0 aliphatic heterocycles. The van der Waals surface area contributed by atoms with E-state index in [1.165, 1.54) is 17.2 Å². The predicted octanol–water partition coefficient (Wildman–Crippen LogP) is 6.29. The molecule has 5 rings (SSSR count). The van der Waals surface area contributed by atoms with Gasteiger partial charge in [0.05, 0.1) is 7.11 Å². The molecule has 224 valence electrons. The maximum Gasteiger partial charge on any atom is 0.343 e. The largest absolute Gasteiger partial charge is 0.465 e. The molecule has 2 aromatic heterocycles. The molecule has 2 heterocycles. The molecule has 7 nitrogen and oxygen atoms in total. The van der Waals surface area contributed by atoms with E-state index in [0.717, 1.165) is 48.4 Å². The average molecular weight is 581 g/mol. The number of ether oxygens (including phenoxy) is 2. The van der Waals surface area contributed by atoms with Gasteiger partial charge in [0, 0.05) is 68.5 Å². The molecule has 0 amide bonds. The number of methoxy groups -OCH3 is 2. The molecular weight excluding hydrogens is 540 g/mol. The first kappa shape index (κ1) is 30.2. The highest BCUT2D eigenvalue weighted by molar-refractivity contribution is 5.91. The number of hydrogen-bond donors (Lipinski definition) is 0. The van der Waals surface area contributed by atoms with Crippen LogP contribution in [0.2, 0.25) is 0 Å². The third-order valence-electron chi connectivity index (χ3n) is 8.92. The Morgan fingerprint density at radius 3 is 2.33 bits per heavy atom. The highest BCUT2D eigenvalue weighted by Gasteiger charge is 2.36. The summed E-state index contributed by atoms with van der Waals surface area (Å²) in [5.41, 5.74) is 5.23. The van der Waals surface area contributed by atoms with Gasteiger partial charge in [-0.05, 0) is 73.3 Å². The lowest BCUT2D eigenvalue weighted by Crippen LogP contribution is -2.24. The van der Waals surface area contributed by atoms with Crippen LogP contribution >= 0.6 is 0 Å². The highest BCUT2D eigenvalue weighted by Crippen LogP contribution is 2.46. The first-order chi connectivity index (χ1) is 20.8. The zero-order valence-corrected chi connectivity index (χ0v) is 25.4. The lowest BCUT2D eigenvalue weighted by molar-refractivity contribution is -0.119. The molecule has 1 aliphatic carbocycles. The van der Waals surface area contributed by atoms with Gasteiger partial charge in [-0.15, -0.1) is 0 Å². The van der Waals surface area contributed by atoms with E-state index in [0.29, 0.717) is 23.8 Å². The number of pyridine rings is 1. The van der Waals surface area contributed by atoms with E-state index in [9.17, 15) is 14.4 Å². The van der Waals surface area contributed by atoms with Gasteiger partial charge in [-0.3, -0.25) is 9.59 Å². The summed E-state index contributed by atoms with van der Waals surface area (Å²) in [5.74, 6) is 0.707. The molecule has 1 aliphatic rings. The quantitative estimate of drug-likeness (QED) is 0.195. The maximum atomic E-state index is 13.9. The van der Waals surface area contributed by atoms with Crippen LogP contribution in [0.5, 0.6) is 0 Å². The number of ketones is 1. The molecule has 1 saturated carbocycles. The molecule has 7 heteroatoms. The van der Waals surface area contributed by atoms with Crippen molar-refractivity contribution in [3.8, 4) is 16.8 Å². The normalized spacial score (nSPS) is 18.1. The summed E-state index contributed by atoms with van der Waals surface area (Å²) < 4.78 is 13.7. The average Bonchev–Trinajstić information content (AvgIpc) is 3.58. The molecule has 43 heavy (non-hydrogen) atoms. The Morgan fingerprint density at radius 1 is 0.953 bits per heavy atom. The van der Waals surface area contributed by atoms with Crippen LogP contribution in [0, 0.1) is 18.8 Å². The fourth-order valence-electron chi connectivity index (χ4n) is 6.73. The highest BCUT2D eigenvalue weighted by atomic mass is 16.5. The lowest BCUT2D eigenvalue weighted by atomic mass is 9.85. The van der Waals surface area contributed by atoms with E-state index < -0.39 is 11.5 Å². The topological polar surface area (TPSA) is 79.5 Å². The van der Waals surface area contributed by atoms with Crippen LogP contribution in [0.15, 0.2) is 83.9 Å². The Morgan fingerprint density at radius 2 is 1.65 bits per heavy atom. The number of aryl methyl sites for hydroxylation is 1. The SMILES string of the molecule is COCC[C@@H]1C[C@@H](CC(=O)Cc2c(C)c(-c3cc(C(=O)OC)c(=O)n(C)c3)cn2-c2ccccc2)[C@H](c2ccccc2)C1. The number of para-hydroxylation sites is 1. The van der Waals surface area contributed by atoms with E-state index in [1.54, 1.807) is 26.4 Å². The Balaban J connectivity index is 1.48. The second-order valence-electron chi connectivity index (χ2n) is 11.7. The molecular formula is C36H40N2O5. The summed E-state index contributed by atoms with van der Waals surface area (Å²) in [6, 6.07) is 22.1. The van der Waals surface area contributed by atoms with Crippen LogP contribution in [0.25, 0.3) is 16.8 Å². The molecule has 1 fully saturated rings. The summed E-state index contributed by atoms with van der Waals surface area (Å²) >= 11 is 0. The molecule has 3 atom stereocenters. The standard InChI is InChI=1S/C36H40N2O5/c1-24-33(28-20-32(36(41)43-4)35(40)37(2)22-28)23-38(29-13-9-6-10-14-29)34(24)21-30(39)19-27-17-25(15-16-42-3)18-31(27)26-11-7-5-8-12-26/h5-14,20,22-23,25,27,31H,15-19,21H2,1-4H3/t25-,27+,31+/m1/s1. The van der Waals surface area contributed by atoms with Gasteiger partial charge in [0.15, 0.2) is 0 Å². The van der Waals surface area contributed by atoms with Gasteiger partial charge >= 0.3 is 5.97 Å². The molecule has 0 saturated heterocycles. The van der Waals surface area contributed by atoms with Crippen LogP contribution in [-0.2, 0) is 27.7 Å². The second-order valence-corrected chi connectivity index (χ2v) is 11.7. The number of hydrogen-bond acceptors (Lipinski definition) is 5. The predicted molar refractivity (Wildman–Crippen MR) is 168 cm³/mol. The summed E-state index contributed by atoms with van der Waals surface area (Å²) in [6.07, 6.45) is 7.63. The Kier molecular flexibility index (Phi) is 9.41. The van der Waals surface area contributed by atoms with Gasteiger partial charge < -0.3 is 18.6 Å². The van der Waals surface area contributed by atoms with Crippen LogP contribution in [0.4, 0.5) is 0 Å². The molecule has 0 bridgehead atoms. The van der Waals surface area contributed by atoms with Crippen molar-refractivity contribution in [3.05, 3.63) is 112 Å². The molecule has 0 unspecified atom stereocenters. The van der Waals surface area contributed by atoms with Gasteiger partial charge in [-0.2, -0.15) is 0 Å². The van der Waals surface area contributed by atoms with E-state index in [2.05, 4.69) is 28.8 Å².